The van der Waals surface area contributed by atoms with Crippen LogP contribution in [-0.4, -0.2) is 31.9 Å². The summed E-state index contributed by atoms with van der Waals surface area (Å²) in [5.41, 5.74) is 7.08. The SMILES string of the molecule is CC(C)CCc1ccc(S(=O)(=O)N2CCCC(N)C2)cc1.Cl. The molecule has 1 atom stereocenters. The Bertz CT molecular complexity index is 558. The summed E-state index contributed by atoms with van der Waals surface area (Å²) in [5, 5.41) is 0. The summed E-state index contributed by atoms with van der Waals surface area (Å²) in [4.78, 5) is 0.380. The largest absolute Gasteiger partial charge is 0.327 e. The van der Waals surface area contributed by atoms with Crippen LogP contribution in [0.2, 0.25) is 0 Å². The van der Waals surface area contributed by atoms with Crippen molar-refractivity contribution in [2.45, 2.75) is 50.5 Å². The van der Waals surface area contributed by atoms with E-state index in [1.54, 1.807) is 12.1 Å². The molecular weight excluding hydrogens is 320 g/mol. The minimum atomic E-state index is -3.39. The number of halogens is 1. The van der Waals surface area contributed by atoms with Crippen LogP contribution in [0.1, 0.15) is 38.7 Å². The molecule has 0 aromatic heterocycles. The molecule has 0 bridgehead atoms. The molecule has 0 amide bonds. The van der Waals surface area contributed by atoms with E-state index in [2.05, 4.69) is 13.8 Å². The quantitative estimate of drug-likeness (QED) is 0.891. The predicted octanol–water partition coefficient (Wildman–Crippen LogP) is 2.81. The van der Waals surface area contributed by atoms with Gasteiger partial charge in [-0.3, -0.25) is 0 Å². The highest BCUT2D eigenvalue weighted by atomic mass is 35.5. The number of hydrogen-bond acceptors (Lipinski definition) is 3. The van der Waals surface area contributed by atoms with Crippen molar-refractivity contribution in [2.24, 2.45) is 11.7 Å². The van der Waals surface area contributed by atoms with Crippen molar-refractivity contribution in [2.75, 3.05) is 13.1 Å². The van der Waals surface area contributed by atoms with Crippen molar-refractivity contribution < 1.29 is 8.42 Å². The van der Waals surface area contributed by atoms with Gasteiger partial charge in [-0.05, 0) is 49.3 Å². The van der Waals surface area contributed by atoms with Crippen LogP contribution >= 0.6 is 12.4 Å². The molecule has 1 aromatic carbocycles. The smallest absolute Gasteiger partial charge is 0.243 e. The minimum absolute atomic E-state index is 0. The van der Waals surface area contributed by atoms with Crippen LogP contribution in [-0.2, 0) is 16.4 Å². The molecule has 1 fully saturated rings. The van der Waals surface area contributed by atoms with Crippen molar-refractivity contribution in [3.63, 3.8) is 0 Å². The van der Waals surface area contributed by atoms with Gasteiger partial charge in [-0.2, -0.15) is 4.31 Å². The number of benzene rings is 1. The third-order valence-electron chi connectivity index (χ3n) is 3.99. The van der Waals surface area contributed by atoms with E-state index in [-0.39, 0.29) is 18.4 Å². The van der Waals surface area contributed by atoms with Gasteiger partial charge in [-0.1, -0.05) is 26.0 Å². The number of rotatable bonds is 5. The fraction of sp³-hybridized carbons (Fsp3) is 0.625. The van der Waals surface area contributed by atoms with E-state index in [1.807, 2.05) is 12.1 Å². The first-order valence-corrected chi connectivity index (χ1v) is 9.18. The van der Waals surface area contributed by atoms with Crippen LogP contribution < -0.4 is 5.73 Å². The van der Waals surface area contributed by atoms with E-state index in [9.17, 15) is 8.42 Å². The van der Waals surface area contributed by atoms with E-state index in [0.29, 0.717) is 23.9 Å². The topological polar surface area (TPSA) is 63.4 Å². The maximum absolute atomic E-state index is 12.6. The fourth-order valence-corrected chi connectivity index (χ4v) is 4.16. The maximum Gasteiger partial charge on any atom is 0.243 e. The standard InChI is InChI=1S/C16H26N2O2S.ClH/c1-13(2)5-6-14-7-9-16(10-8-14)21(19,20)18-11-3-4-15(17)12-18;/h7-10,13,15H,3-6,11-12,17H2,1-2H3;1H. The summed E-state index contributed by atoms with van der Waals surface area (Å²) in [6, 6.07) is 7.27. The van der Waals surface area contributed by atoms with Gasteiger partial charge < -0.3 is 5.73 Å². The molecule has 126 valence electrons. The van der Waals surface area contributed by atoms with Gasteiger partial charge in [-0.15, -0.1) is 12.4 Å². The zero-order chi connectivity index (χ0) is 15.5. The molecule has 0 spiro atoms. The van der Waals surface area contributed by atoms with Gasteiger partial charge in [0.1, 0.15) is 0 Å². The molecule has 0 aliphatic carbocycles. The van der Waals surface area contributed by atoms with Gasteiger partial charge in [0.05, 0.1) is 4.90 Å². The molecule has 0 radical (unpaired) electrons. The van der Waals surface area contributed by atoms with E-state index in [1.165, 1.54) is 9.87 Å². The number of nitrogens with zero attached hydrogens (tertiary/aromatic N) is 1. The Kier molecular flexibility index (Phi) is 7.32. The molecule has 1 aliphatic rings. The summed E-state index contributed by atoms with van der Waals surface area (Å²) >= 11 is 0. The molecule has 0 saturated carbocycles. The van der Waals surface area contributed by atoms with Gasteiger partial charge in [0.25, 0.3) is 0 Å². The molecule has 1 aliphatic heterocycles. The minimum Gasteiger partial charge on any atom is -0.327 e. The Balaban J connectivity index is 0.00000242. The van der Waals surface area contributed by atoms with Crippen LogP contribution in [0.3, 0.4) is 0 Å². The van der Waals surface area contributed by atoms with Gasteiger partial charge in [0.15, 0.2) is 0 Å². The van der Waals surface area contributed by atoms with Gasteiger partial charge >= 0.3 is 0 Å². The zero-order valence-corrected chi connectivity index (χ0v) is 15.0. The van der Waals surface area contributed by atoms with E-state index in [0.717, 1.165) is 25.7 Å². The van der Waals surface area contributed by atoms with Crippen molar-refractivity contribution in [3.05, 3.63) is 29.8 Å². The first kappa shape index (κ1) is 19.4. The number of nitrogens with two attached hydrogens (primary N) is 1. The van der Waals surface area contributed by atoms with Crippen LogP contribution in [0.25, 0.3) is 0 Å². The van der Waals surface area contributed by atoms with Gasteiger partial charge in [-0.25, -0.2) is 8.42 Å². The van der Waals surface area contributed by atoms with Crippen molar-refractivity contribution in [3.8, 4) is 0 Å². The number of piperidine rings is 1. The normalized spacial score (nSPS) is 19.9. The Morgan fingerprint density at radius 3 is 2.45 bits per heavy atom. The predicted molar refractivity (Wildman–Crippen MR) is 92.8 cm³/mol. The zero-order valence-electron chi connectivity index (χ0n) is 13.4. The van der Waals surface area contributed by atoms with Gasteiger partial charge in [0.2, 0.25) is 10.0 Å². The molecule has 1 aromatic rings. The molecule has 4 nitrogen and oxygen atoms in total. The summed E-state index contributed by atoms with van der Waals surface area (Å²) in [5.74, 6) is 0.656. The lowest BCUT2D eigenvalue weighted by Crippen LogP contribution is -2.45. The second-order valence-electron chi connectivity index (χ2n) is 6.34. The van der Waals surface area contributed by atoms with Crippen LogP contribution in [0.4, 0.5) is 0 Å². The Labute approximate surface area is 140 Å². The lowest BCUT2D eigenvalue weighted by Gasteiger charge is -2.29. The molecule has 1 heterocycles. The second kappa shape index (κ2) is 8.29. The average molecular weight is 347 g/mol. The highest BCUT2D eigenvalue weighted by molar-refractivity contribution is 7.89. The van der Waals surface area contributed by atoms with Crippen LogP contribution in [0.15, 0.2) is 29.2 Å². The van der Waals surface area contributed by atoms with Crippen molar-refractivity contribution in [1.82, 2.24) is 4.31 Å². The number of sulfonamides is 1. The first-order valence-electron chi connectivity index (χ1n) is 7.74. The second-order valence-corrected chi connectivity index (χ2v) is 8.28. The third kappa shape index (κ3) is 4.95. The summed E-state index contributed by atoms with van der Waals surface area (Å²) in [7, 11) is -3.39. The fourth-order valence-electron chi connectivity index (χ4n) is 2.62. The summed E-state index contributed by atoms with van der Waals surface area (Å²) in [6.45, 7) is 5.39. The number of hydrogen-bond donors (Lipinski definition) is 1. The number of aryl methyl sites for hydroxylation is 1. The highest BCUT2D eigenvalue weighted by Crippen LogP contribution is 2.21. The third-order valence-corrected chi connectivity index (χ3v) is 5.87. The molecule has 6 heteroatoms. The van der Waals surface area contributed by atoms with E-state index in [4.69, 9.17) is 5.73 Å². The molecule has 2 N–H and O–H groups in total. The van der Waals surface area contributed by atoms with E-state index < -0.39 is 10.0 Å². The Hall–Kier alpha value is -0.620. The van der Waals surface area contributed by atoms with E-state index >= 15 is 0 Å². The molecule has 1 saturated heterocycles. The van der Waals surface area contributed by atoms with Crippen molar-refractivity contribution in [1.29, 1.82) is 0 Å². The lowest BCUT2D eigenvalue weighted by molar-refractivity contribution is 0.316. The lowest BCUT2D eigenvalue weighted by atomic mass is 10.0. The molecular formula is C16H27ClN2O2S. The molecule has 1 unspecified atom stereocenters. The van der Waals surface area contributed by atoms with Crippen LogP contribution in [0, 0.1) is 5.92 Å². The maximum atomic E-state index is 12.6. The monoisotopic (exact) mass is 346 g/mol. The van der Waals surface area contributed by atoms with Crippen molar-refractivity contribution >= 4 is 22.4 Å². The highest BCUT2D eigenvalue weighted by Gasteiger charge is 2.28. The van der Waals surface area contributed by atoms with Crippen LogP contribution in [0.5, 0.6) is 0 Å². The summed E-state index contributed by atoms with van der Waals surface area (Å²) < 4.78 is 26.7. The summed E-state index contributed by atoms with van der Waals surface area (Å²) in [6.07, 6.45) is 3.85. The van der Waals surface area contributed by atoms with Gasteiger partial charge in [0, 0.05) is 19.1 Å². The molecule has 22 heavy (non-hydrogen) atoms. The first-order chi connectivity index (χ1) is 9.89. The average Bonchev–Trinajstić information content (AvgIpc) is 2.45. The Morgan fingerprint density at radius 1 is 1.27 bits per heavy atom. The Morgan fingerprint density at radius 2 is 1.91 bits per heavy atom. The molecule has 2 rings (SSSR count).